The number of nitrogens with zero attached hydrogens (tertiary/aromatic N) is 1. The van der Waals surface area contributed by atoms with Crippen molar-refractivity contribution < 1.29 is 9.53 Å². The number of aromatic nitrogens is 1. The van der Waals surface area contributed by atoms with Crippen molar-refractivity contribution in [2.45, 2.75) is 20.4 Å². The van der Waals surface area contributed by atoms with Gasteiger partial charge < -0.3 is 9.30 Å². The lowest BCUT2D eigenvalue weighted by Crippen LogP contribution is -2.19. The van der Waals surface area contributed by atoms with Crippen LogP contribution in [0.3, 0.4) is 0 Å². The molecule has 0 saturated carbocycles. The van der Waals surface area contributed by atoms with E-state index in [9.17, 15) is 4.79 Å². The molecule has 18 heavy (non-hydrogen) atoms. The molecule has 2 aromatic rings. The minimum Gasteiger partial charge on any atom is -0.466 e. The van der Waals surface area contributed by atoms with Gasteiger partial charge in [0, 0.05) is 18.1 Å². The van der Waals surface area contributed by atoms with Gasteiger partial charge in [-0.2, -0.15) is 0 Å². The fourth-order valence-electron chi connectivity index (χ4n) is 2.02. The largest absolute Gasteiger partial charge is 0.466 e. The first-order chi connectivity index (χ1) is 8.63. The number of rotatable bonds is 4. The van der Waals surface area contributed by atoms with Crippen molar-refractivity contribution in [3.05, 3.63) is 35.5 Å². The van der Waals surface area contributed by atoms with Gasteiger partial charge in [0.2, 0.25) is 0 Å². The lowest BCUT2D eigenvalue weighted by molar-refractivity contribution is -0.147. The molecular weight excluding hydrogens is 250 g/mol. The summed E-state index contributed by atoms with van der Waals surface area (Å²) in [6.45, 7) is 4.66. The normalized spacial score (nSPS) is 12.6. The summed E-state index contributed by atoms with van der Waals surface area (Å²) in [5, 5.41) is 1.78. The summed E-state index contributed by atoms with van der Waals surface area (Å²) in [6.07, 6.45) is 1.95. The molecule has 0 bridgehead atoms. The third kappa shape index (κ3) is 2.51. The van der Waals surface area contributed by atoms with Crippen molar-refractivity contribution in [1.29, 1.82) is 0 Å². The van der Waals surface area contributed by atoms with Crippen LogP contribution in [0.4, 0.5) is 0 Å². The van der Waals surface area contributed by atoms with Gasteiger partial charge in [0.15, 0.2) is 0 Å². The number of carbonyl (C=O) groups is 1. The number of halogens is 1. The van der Waals surface area contributed by atoms with Gasteiger partial charge in [-0.25, -0.2) is 0 Å². The number of hydrogen-bond donors (Lipinski definition) is 0. The van der Waals surface area contributed by atoms with Gasteiger partial charge in [0.25, 0.3) is 0 Å². The van der Waals surface area contributed by atoms with Crippen LogP contribution in [-0.4, -0.2) is 17.1 Å². The van der Waals surface area contributed by atoms with Gasteiger partial charge in [-0.3, -0.25) is 4.79 Å². The molecule has 96 valence electrons. The van der Waals surface area contributed by atoms with Crippen LogP contribution in [-0.2, 0) is 16.1 Å². The van der Waals surface area contributed by atoms with Gasteiger partial charge in [-0.05, 0) is 19.1 Å². The maximum atomic E-state index is 11.6. The Morgan fingerprint density at radius 3 is 2.94 bits per heavy atom. The Morgan fingerprint density at radius 2 is 2.22 bits per heavy atom. The third-order valence-electron chi connectivity index (χ3n) is 2.90. The summed E-state index contributed by atoms with van der Waals surface area (Å²) in [7, 11) is 0. The first-order valence-electron chi connectivity index (χ1n) is 6.03. The highest BCUT2D eigenvalue weighted by Gasteiger charge is 2.16. The zero-order chi connectivity index (χ0) is 13.1. The quantitative estimate of drug-likeness (QED) is 0.793. The Morgan fingerprint density at radius 1 is 1.44 bits per heavy atom. The van der Waals surface area contributed by atoms with Crippen LogP contribution < -0.4 is 0 Å². The fourth-order valence-corrected chi connectivity index (χ4v) is 2.31. The minimum absolute atomic E-state index is 0.175. The molecule has 0 aliphatic rings. The molecule has 1 aromatic carbocycles. The molecule has 1 atom stereocenters. The highest BCUT2D eigenvalue weighted by Crippen LogP contribution is 2.25. The van der Waals surface area contributed by atoms with Crippen molar-refractivity contribution in [2.24, 2.45) is 5.92 Å². The molecule has 0 aliphatic carbocycles. The summed E-state index contributed by atoms with van der Waals surface area (Å²) in [6, 6.07) is 7.78. The number of hydrogen-bond acceptors (Lipinski definition) is 2. The second-order valence-electron chi connectivity index (χ2n) is 4.30. The predicted octanol–water partition coefficient (Wildman–Crippen LogP) is 3.49. The Bertz CT molecular complexity index is 562. The van der Waals surface area contributed by atoms with Gasteiger partial charge in [0.05, 0.1) is 23.1 Å². The lowest BCUT2D eigenvalue weighted by atomic mass is 10.2. The molecule has 1 aromatic heterocycles. The van der Waals surface area contributed by atoms with E-state index in [4.69, 9.17) is 16.3 Å². The number of fused-ring (bicyclic) bond motifs is 1. The first-order valence-corrected chi connectivity index (χ1v) is 6.41. The van der Waals surface area contributed by atoms with E-state index in [0.29, 0.717) is 18.2 Å². The molecule has 0 saturated heterocycles. The summed E-state index contributed by atoms with van der Waals surface area (Å²) in [5.74, 6) is -0.358. The number of ether oxygens (including phenoxy) is 1. The number of para-hydroxylation sites is 1. The Hall–Kier alpha value is -1.48. The van der Waals surface area contributed by atoms with E-state index >= 15 is 0 Å². The molecule has 0 spiro atoms. The smallest absolute Gasteiger partial charge is 0.310 e. The molecule has 2 rings (SSSR count). The molecule has 0 amide bonds. The van der Waals surface area contributed by atoms with E-state index in [-0.39, 0.29) is 11.9 Å². The average Bonchev–Trinajstić information content (AvgIpc) is 2.74. The van der Waals surface area contributed by atoms with Crippen LogP contribution in [0.2, 0.25) is 5.02 Å². The Balaban J connectivity index is 2.24. The summed E-state index contributed by atoms with van der Waals surface area (Å²) in [5.41, 5.74) is 0.968. The summed E-state index contributed by atoms with van der Waals surface area (Å²) >= 11 is 6.19. The SMILES string of the molecule is CCOC(=O)C(C)Cn1ccc2cccc(Cl)c21. The Kier molecular flexibility index (Phi) is 3.92. The van der Waals surface area contributed by atoms with Crippen LogP contribution in [0, 0.1) is 5.92 Å². The fraction of sp³-hybridized carbons (Fsp3) is 0.357. The van der Waals surface area contributed by atoms with Crippen LogP contribution in [0.1, 0.15) is 13.8 Å². The molecule has 0 N–H and O–H groups in total. The van der Waals surface area contributed by atoms with Crippen molar-refractivity contribution in [3.63, 3.8) is 0 Å². The van der Waals surface area contributed by atoms with Crippen LogP contribution in [0.15, 0.2) is 30.5 Å². The molecule has 1 heterocycles. The van der Waals surface area contributed by atoms with Crippen molar-refractivity contribution in [2.75, 3.05) is 6.61 Å². The predicted molar refractivity (Wildman–Crippen MR) is 72.7 cm³/mol. The zero-order valence-corrected chi connectivity index (χ0v) is 11.3. The summed E-state index contributed by atoms with van der Waals surface area (Å²) in [4.78, 5) is 11.6. The van der Waals surface area contributed by atoms with E-state index < -0.39 is 0 Å². The van der Waals surface area contributed by atoms with Crippen molar-refractivity contribution in [3.8, 4) is 0 Å². The molecule has 0 fully saturated rings. The molecule has 4 heteroatoms. The van der Waals surface area contributed by atoms with E-state index in [1.54, 1.807) is 0 Å². The van der Waals surface area contributed by atoms with Crippen molar-refractivity contribution in [1.82, 2.24) is 4.57 Å². The molecule has 3 nitrogen and oxygen atoms in total. The number of carbonyl (C=O) groups excluding carboxylic acids is 1. The van der Waals surface area contributed by atoms with Crippen molar-refractivity contribution >= 4 is 28.5 Å². The average molecular weight is 266 g/mol. The molecule has 0 aliphatic heterocycles. The first kappa shape index (κ1) is 13.0. The molecule has 0 radical (unpaired) electrons. The van der Waals surface area contributed by atoms with Gasteiger partial charge in [-0.15, -0.1) is 0 Å². The van der Waals surface area contributed by atoms with E-state index in [1.165, 1.54) is 0 Å². The monoisotopic (exact) mass is 265 g/mol. The molecule has 1 unspecified atom stereocenters. The number of benzene rings is 1. The number of esters is 1. The lowest BCUT2D eigenvalue weighted by Gasteiger charge is -2.13. The van der Waals surface area contributed by atoms with Gasteiger partial charge >= 0.3 is 5.97 Å². The standard InChI is InChI=1S/C14H16ClNO2/c1-3-18-14(17)10(2)9-16-8-7-11-5-4-6-12(15)13(11)16/h4-8,10H,3,9H2,1-2H3. The Labute approximate surface area is 111 Å². The molecular formula is C14H16ClNO2. The van der Waals surface area contributed by atoms with E-state index in [0.717, 1.165) is 10.9 Å². The summed E-state index contributed by atoms with van der Waals surface area (Å²) < 4.78 is 7.01. The second kappa shape index (κ2) is 5.44. The minimum atomic E-state index is -0.183. The van der Waals surface area contributed by atoms with E-state index in [1.807, 2.05) is 48.9 Å². The van der Waals surface area contributed by atoms with E-state index in [2.05, 4.69) is 0 Å². The second-order valence-corrected chi connectivity index (χ2v) is 4.71. The highest BCUT2D eigenvalue weighted by atomic mass is 35.5. The zero-order valence-electron chi connectivity index (χ0n) is 10.5. The maximum Gasteiger partial charge on any atom is 0.310 e. The van der Waals surface area contributed by atoms with Gasteiger partial charge in [-0.1, -0.05) is 30.7 Å². The highest BCUT2D eigenvalue weighted by molar-refractivity contribution is 6.35. The topological polar surface area (TPSA) is 31.2 Å². The van der Waals surface area contributed by atoms with Gasteiger partial charge in [0.1, 0.15) is 0 Å². The third-order valence-corrected chi connectivity index (χ3v) is 3.20. The maximum absolute atomic E-state index is 11.6. The van der Waals surface area contributed by atoms with Crippen LogP contribution in [0.5, 0.6) is 0 Å². The van der Waals surface area contributed by atoms with Crippen LogP contribution >= 0.6 is 11.6 Å². The van der Waals surface area contributed by atoms with Crippen LogP contribution in [0.25, 0.3) is 10.9 Å².